The largest absolute Gasteiger partial charge is 0.469 e. The normalized spacial score (nSPS) is 10.4. The van der Waals surface area contributed by atoms with Crippen LogP contribution >= 0.6 is 0 Å². The first-order valence-corrected chi connectivity index (χ1v) is 7.76. The molecule has 0 aliphatic heterocycles. The molecule has 0 saturated heterocycles. The van der Waals surface area contributed by atoms with Crippen molar-refractivity contribution in [2.45, 2.75) is 25.7 Å². The van der Waals surface area contributed by atoms with E-state index in [9.17, 15) is 14.0 Å². The second-order valence-corrected chi connectivity index (χ2v) is 5.32. The van der Waals surface area contributed by atoms with Crippen LogP contribution in [0.25, 0.3) is 11.3 Å². The summed E-state index contributed by atoms with van der Waals surface area (Å²) in [5, 5.41) is 9.53. The second-order valence-electron chi connectivity index (χ2n) is 5.32. The molecule has 2 aromatic rings. The number of nitrogens with one attached hydrogen (secondary N) is 2. The van der Waals surface area contributed by atoms with Crippen LogP contribution in [0.15, 0.2) is 30.3 Å². The summed E-state index contributed by atoms with van der Waals surface area (Å²) in [4.78, 5) is 23.0. The minimum atomic E-state index is -0.320. The van der Waals surface area contributed by atoms with Crippen molar-refractivity contribution in [2.75, 3.05) is 13.7 Å². The molecule has 1 aromatic heterocycles. The zero-order chi connectivity index (χ0) is 17.4. The molecular weight excluding hydrogens is 313 g/mol. The van der Waals surface area contributed by atoms with Crippen molar-refractivity contribution in [3.8, 4) is 11.3 Å². The summed E-state index contributed by atoms with van der Waals surface area (Å²) in [5.41, 5.74) is 1.66. The van der Waals surface area contributed by atoms with E-state index in [4.69, 9.17) is 0 Å². The third kappa shape index (κ3) is 5.19. The molecule has 0 fully saturated rings. The summed E-state index contributed by atoms with van der Waals surface area (Å²) in [5.74, 6) is -0.784. The van der Waals surface area contributed by atoms with Crippen LogP contribution in [0.1, 0.15) is 36.2 Å². The van der Waals surface area contributed by atoms with Gasteiger partial charge in [-0.25, -0.2) is 4.39 Å². The van der Waals surface area contributed by atoms with Gasteiger partial charge in [-0.3, -0.25) is 14.7 Å². The number of methoxy groups -OCH3 is 1. The summed E-state index contributed by atoms with van der Waals surface area (Å²) < 4.78 is 17.5. The van der Waals surface area contributed by atoms with Crippen molar-refractivity contribution in [3.63, 3.8) is 0 Å². The van der Waals surface area contributed by atoms with Crippen LogP contribution in [0.3, 0.4) is 0 Å². The van der Waals surface area contributed by atoms with E-state index in [1.807, 2.05) is 0 Å². The summed E-state index contributed by atoms with van der Waals surface area (Å²) >= 11 is 0. The molecule has 0 unspecified atom stereocenters. The van der Waals surface area contributed by atoms with Gasteiger partial charge in [0, 0.05) is 18.5 Å². The van der Waals surface area contributed by atoms with Crippen LogP contribution in [-0.2, 0) is 9.53 Å². The number of rotatable bonds is 8. The fourth-order valence-electron chi connectivity index (χ4n) is 2.18. The third-order valence-corrected chi connectivity index (χ3v) is 3.53. The van der Waals surface area contributed by atoms with E-state index < -0.39 is 0 Å². The summed E-state index contributed by atoms with van der Waals surface area (Å²) in [6, 6.07) is 7.53. The van der Waals surface area contributed by atoms with Gasteiger partial charge in [0.1, 0.15) is 11.5 Å². The van der Waals surface area contributed by atoms with Crippen molar-refractivity contribution in [1.29, 1.82) is 0 Å². The smallest absolute Gasteiger partial charge is 0.305 e. The van der Waals surface area contributed by atoms with Crippen molar-refractivity contribution >= 4 is 11.9 Å². The van der Waals surface area contributed by atoms with E-state index in [0.29, 0.717) is 24.4 Å². The molecule has 7 heteroatoms. The van der Waals surface area contributed by atoms with Gasteiger partial charge >= 0.3 is 5.97 Å². The lowest BCUT2D eigenvalue weighted by Gasteiger charge is -2.03. The number of H-pyrrole nitrogens is 1. The zero-order valence-electron chi connectivity index (χ0n) is 13.5. The summed E-state index contributed by atoms with van der Waals surface area (Å²) in [6.45, 7) is 0.519. The van der Waals surface area contributed by atoms with Crippen LogP contribution in [0.5, 0.6) is 0 Å². The highest BCUT2D eigenvalue weighted by Crippen LogP contribution is 2.17. The van der Waals surface area contributed by atoms with Crippen molar-refractivity contribution < 1.29 is 18.7 Å². The lowest BCUT2D eigenvalue weighted by molar-refractivity contribution is -0.140. The summed E-state index contributed by atoms with van der Waals surface area (Å²) in [6.07, 6.45) is 2.74. The molecule has 2 N–H and O–H groups in total. The van der Waals surface area contributed by atoms with Gasteiger partial charge < -0.3 is 10.1 Å². The van der Waals surface area contributed by atoms with Gasteiger partial charge in [0.25, 0.3) is 5.91 Å². The van der Waals surface area contributed by atoms with E-state index in [-0.39, 0.29) is 17.7 Å². The van der Waals surface area contributed by atoms with E-state index >= 15 is 0 Å². The lowest BCUT2D eigenvalue weighted by Crippen LogP contribution is -2.24. The number of hydrogen-bond donors (Lipinski definition) is 2. The standard InChI is InChI=1S/C17H20FN3O3/c1-24-16(22)5-3-2-4-10-19-17(23)15-11-14(20-21-15)12-6-8-13(18)9-7-12/h6-9,11H,2-5,10H2,1H3,(H,19,23)(H,20,21). The van der Waals surface area contributed by atoms with Crippen LogP contribution in [0.2, 0.25) is 0 Å². The Balaban J connectivity index is 1.75. The average Bonchev–Trinajstić information content (AvgIpc) is 3.08. The van der Waals surface area contributed by atoms with Crippen molar-refractivity contribution in [1.82, 2.24) is 15.5 Å². The molecule has 0 aliphatic carbocycles. The molecule has 24 heavy (non-hydrogen) atoms. The van der Waals surface area contributed by atoms with Crippen molar-refractivity contribution in [3.05, 3.63) is 41.8 Å². The van der Waals surface area contributed by atoms with Crippen molar-refractivity contribution in [2.24, 2.45) is 0 Å². The molecule has 1 amide bonds. The van der Waals surface area contributed by atoms with Crippen LogP contribution in [-0.4, -0.2) is 35.7 Å². The third-order valence-electron chi connectivity index (χ3n) is 3.53. The molecule has 0 saturated carbocycles. The number of nitrogens with zero attached hydrogens (tertiary/aromatic N) is 1. The molecule has 6 nitrogen and oxygen atoms in total. The van der Waals surface area contributed by atoms with Gasteiger partial charge in [0.15, 0.2) is 0 Å². The van der Waals surface area contributed by atoms with Crippen LogP contribution < -0.4 is 5.32 Å². The number of halogens is 1. The Bertz CT molecular complexity index is 683. The van der Waals surface area contributed by atoms with E-state index in [1.54, 1.807) is 18.2 Å². The monoisotopic (exact) mass is 333 g/mol. The predicted octanol–water partition coefficient (Wildman–Crippen LogP) is 2.68. The molecule has 2 rings (SSSR count). The molecule has 0 aliphatic rings. The zero-order valence-corrected chi connectivity index (χ0v) is 13.5. The maximum absolute atomic E-state index is 12.9. The van der Waals surface area contributed by atoms with Gasteiger partial charge in [-0.2, -0.15) is 5.10 Å². The Hall–Kier alpha value is -2.70. The van der Waals surface area contributed by atoms with Gasteiger partial charge in [-0.15, -0.1) is 0 Å². The Morgan fingerprint density at radius 1 is 1.21 bits per heavy atom. The first kappa shape index (κ1) is 17.7. The summed E-state index contributed by atoms with van der Waals surface area (Å²) in [7, 11) is 1.37. The number of carbonyl (C=O) groups is 2. The molecule has 128 valence electrons. The fraction of sp³-hybridized carbons (Fsp3) is 0.353. The number of carbonyl (C=O) groups excluding carboxylic acids is 2. The maximum atomic E-state index is 12.9. The van der Waals surface area contributed by atoms with E-state index in [2.05, 4.69) is 20.3 Å². The minimum absolute atomic E-state index is 0.218. The SMILES string of the molecule is COC(=O)CCCCCNC(=O)c1cc(-c2ccc(F)cc2)n[nH]1. The lowest BCUT2D eigenvalue weighted by atomic mass is 10.1. The van der Waals surface area contributed by atoms with Crippen LogP contribution in [0, 0.1) is 5.82 Å². The quantitative estimate of drug-likeness (QED) is 0.574. The Morgan fingerprint density at radius 2 is 1.96 bits per heavy atom. The fourth-order valence-corrected chi connectivity index (χ4v) is 2.18. The number of esters is 1. The number of ether oxygens (including phenoxy) is 1. The molecule has 0 spiro atoms. The first-order chi connectivity index (χ1) is 11.6. The number of aromatic nitrogens is 2. The molecule has 0 radical (unpaired) electrons. The van der Waals surface area contributed by atoms with E-state index in [0.717, 1.165) is 24.8 Å². The minimum Gasteiger partial charge on any atom is -0.469 e. The number of amides is 1. The van der Waals surface area contributed by atoms with Gasteiger partial charge in [0.05, 0.1) is 12.8 Å². The molecule has 1 aromatic carbocycles. The van der Waals surface area contributed by atoms with Gasteiger partial charge in [0.2, 0.25) is 0 Å². The van der Waals surface area contributed by atoms with Gasteiger partial charge in [-0.1, -0.05) is 6.42 Å². The highest BCUT2D eigenvalue weighted by atomic mass is 19.1. The van der Waals surface area contributed by atoms with Gasteiger partial charge in [-0.05, 0) is 43.2 Å². The van der Waals surface area contributed by atoms with E-state index in [1.165, 1.54) is 19.2 Å². The number of hydrogen-bond acceptors (Lipinski definition) is 4. The van der Waals surface area contributed by atoms with Crippen LogP contribution in [0.4, 0.5) is 4.39 Å². The molecular formula is C17H20FN3O3. The number of aromatic amines is 1. The molecule has 0 atom stereocenters. The molecule has 1 heterocycles. The maximum Gasteiger partial charge on any atom is 0.305 e. The number of benzene rings is 1. The predicted molar refractivity (Wildman–Crippen MR) is 86.8 cm³/mol. The number of unbranched alkanes of at least 4 members (excludes halogenated alkanes) is 2. The second kappa shape index (κ2) is 8.81. The molecule has 0 bridgehead atoms. The Morgan fingerprint density at radius 3 is 2.67 bits per heavy atom. The Kier molecular flexibility index (Phi) is 6.48. The highest BCUT2D eigenvalue weighted by Gasteiger charge is 2.10. The average molecular weight is 333 g/mol. The topological polar surface area (TPSA) is 84.1 Å². The Labute approximate surface area is 139 Å². The first-order valence-electron chi connectivity index (χ1n) is 7.76. The highest BCUT2D eigenvalue weighted by molar-refractivity contribution is 5.93.